The summed E-state index contributed by atoms with van der Waals surface area (Å²) >= 11 is -2.24. The molecule has 0 fully saturated rings. The fourth-order valence-electron chi connectivity index (χ4n) is 1.75. The van der Waals surface area contributed by atoms with Crippen LogP contribution in [0.25, 0.3) is 0 Å². The Kier molecular flexibility index (Phi) is 4.16. The first-order valence-corrected chi connectivity index (χ1v) is 6.86. The molecule has 2 rings (SSSR count). The molecule has 5 nitrogen and oxygen atoms in total. The Balaban J connectivity index is 2.40. The van der Waals surface area contributed by atoms with Crippen molar-refractivity contribution in [2.75, 3.05) is 4.31 Å². The average molecular weight is 291 g/mol. The van der Waals surface area contributed by atoms with Gasteiger partial charge in [0.05, 0.1) is 16.9 Å². The van der Waals surface area contributed by atoms with Gasteiger partial charge in [-0.15, -0.1) is 0 Å². The van der Waals surface area contributed by atoms with Crippen LogP contribution in [0.2, 0.25) is 0 Å². The molecule has 1 atom stereocenters. The molecular weight excluding hydrogens is 278 g/mol. The summed E-state index contributed by atoms with van der Waals surface area (Å²) in [6.45, 7) is 1.92. The van der Waals surface area contributed by atoms with Crippen molar-refractivity contribution < 1.29 is 18.7 Å². The molecule has 2 aromatic rings. The molecule has 0 aliphatic rings. The van der Waals surface area contributed by atoms with E-state index in [1.165, 1.54) is 28.6 Å². The van der Waals surface area contributed by atoms with Gasteiger partial charge in [-0.1, -0.05) is 17.7 Å². The zero-order valence-corrected chi connectivity index (χ0v) is 11.5. The third-order valence-corrected chi connectivity index (χ3v) is 3.51. The van der Waals surface area contributed by atoms with Crippen LogP contribution in [0.4, 0.5) is 11.4 Å². The maximum Gasteiger partial charge on any atom is 0.335 e. The Morgan fingerprint density at radius 1 is 1.00 bits per heavy atom. The van der Waals surface area contributed by atoms with Gasteiger partial charge in [-0.2, -0.15) is 0 Å². The Bertz CT molecular complexity index is 637. The lowest BCUT2D eigenvalue weighted by Crippen LogP contribution is -2.19. The van der Waals surface area contributed by atoms with E-state index < -0.39 is 17.2 Å². The largest absolute Gasteiger partial charge is 0.478 e. The van der Waals surface area contributed by atoms with Crippen molar-refractivity contribution in [2.24, 2.45) is 0 Å². The Morgan fingerprint density at radius 3 is 1.85 bits per heavy atom. The van der Waals surface area contributed by atoms with E-state index in [1.807, 2.05) is 19.1 Å². The fourth-order valence-corrected chi connectivity index (χ4v) is 2.35. The fraction of sp³-hybridized carbons (Fsp3) is 0.0714. The second kappa shape index (κ2) is 5.85. The number of anilines is 2. The van der Waals surface area contributed by atoms with Gasteiger partial charge < -0.3 is 5.11 Å². The quantitative estimate of drug-likeness (QED) is 0.849. The number of nitrogens with zero attached hydrogens (tertiary/aromatic N) is 1. The maximum atomic E-state index is 11.5. The lowest BCUT2D eigenvalue weighted by atomic mass is 10.2. The maximum absolute atomic E-state index is 11.5. The van der Waals surface area contributed by atoms with Gasteiger partial charge in [-0.25, -0.2) is 13.3 Å². The number of hydrogen-bond acceptors (Lipinski definition) is 2. The second-order valence-corrected chi connectivity index (χ2v) is 5.04. The first-order valence-electron chi connectivity index (χ1n) is 5.80. The number of hydrogen-bond donors (Lipinski definition) is 2. The minimum Gasteiger partial charge on any atom is -0.478 e. The highest BCUT2D eigenvalue weighted by atomic mass is 32.2. The van der Waals surface area contributed by atoms with Crippen LogP contribution in [0, 0.1) is 6.92 Å². The molecule has 0 amide bonds. The van der Waals surface area contributed by atoms with Crippen molar-refractivity contribution in [1.82, 2.24) is 0 Å². The molecule has 20 heavy (non-hydrogen) atoms. The monoisotopic (exact) mass is 291 g/mol. The van der Waals surface area contributed by atoms with Gasteiger partial charge in [0.2, 0.25) is 0 Å². The molecule has 0 heterocycles. The van der Waals surface area contributed by atoms with E-state index in [2.05, 4.69) is 0 Å². The van der Waals surface area contributed by atoms with Crippen molar-refractivity contribution in [3.63, 3.8) is 0 Å². The zero-order valence-electron chi connectivity index (χ0n) is 10.7. The Morgan fingerprint density at radius 2 is 1.45 bits per heavy atom. The van der Waals surface area contributed by atoms with Crippen LogP contribution >= 0.6 is 0 Å². The standard InChI is InChI=1S/C14H13NO4S/c1-10-2-6-12(7-3-10)15(20(18)19)13-8-4-11(5-9-13)14(16)17/h2-9H,1H3,(H,16,17)(H,18,19). The number of carboxylic acids is 1. The van der Waals surface area contributed by atoms with Crippen LogP contribution in [0.15, 0.2) is 48.5 Å². The van der Waals surface area contributed by atoms with Gasteiger partial charge in [-0.3, -0.25) is 4.55 Å². The van der Waals surface area contributed by atoms with Gasteiger partial charge in [0.1, 0.15) is 0 Å². The summed E-state index contributed by atoms with van der Waals surface area (Å²) < 4.78 is 22.2. The van der Waals surface area contributed by atoms with Crippen molar-refractivity contribution in [3.05, 3.63) is 59.7 Å². The summed E-state index contributed by atoms with van der Waals surface area (Å²) in [6.07, 6.45) is 0. The topological polar surface area (TPSA) is 77.8 Å². The van der Waals surface area contributed by atoms with E-state index in [-0.39, 0.29) is 5.56 Å². The molecule has 0 bridgehead atoms. The highest BCUT2D eigenvalue weighted by Gasteiger charge is 2.15. The van der Waals surface area contributed by atoms with Crippen LogP contribution in [0.3, 0.4) is 0 Å². The molecule has 1 unspecified atom stereocenters. The lowest BCUT2D eigenvalue weighted by Gasteiger charge is -2.20. The molecule has 0 aromatic heterocycles. The summed E-state index contributed by atoms with van der Waals surface area (Å²) in [5.74, 6) is -1.04. The average Bonchev–Trinajstić information content (AvgIpc) is 2.41. The lowest BCUT2D eigenvalue weighted by molar-refractivity contribution is 0.0697. The van der Waals surface area contributed by atoms with Crippen molar-refractivity contribution in [2.45, 2.75) is 6.92 Å². The summed E-state index contributed by atoms with van der Waals surface area (Å²) in [7, 11) is 0. The molecule has 104 valence electrons. The number of carboxylic acid groups (broad SMARTS) is 1. The van der Waals surface area contributed by atoms with E-state index in [4.69, 9.17) is 5.11 Å². The van der Waals surface area contributed by atoms with Gasteiger partial charge in [0, 0.05) is 0 Å². The molecule has 0 saturated carbocycles. The number of aryl methyl sites for hydroxylation is 1. The predicted octanol–water partition coefficient (Wildman–Crippen LogP) is 2.97. The highest BCUT2D eigenvalue weighted by molar-refractivity contribution is 7.81. The minimum absolute atomic E-state index is 0.126. The molecule has 6 heteroatoms. The number of carbonyl (C=O) groups is 1. The zero-order chi connectivity index (χ0) is 14.7. The minimum atomic E-state index is -2.24. The smallest absolute Gasteiger partial charge is 0.335 e. The predicted molar refractivity (Wildman–Crippen MR) is 77.5 cm³/mol. The SMILES string of the molecule is Cc1ccc(N(c2ccc(C(=O)O)cc2)S(=O)O)cc1. The highest BCUT2D eigenvalue weighted by Crippen LogP contribution is 2.27. The van der Waals surface area contributed by atoms with Crippen molar-refractivity contribution in [3.8, 4) is 0 Å². The molecule has 0 spiro atoms. The van der Waals surface area contributed by atoms with E-state index in [1.54, 1.807) is 12.1 Å². The van der Waals surface area contributed by atoms with Gasteiger partial charge >= 0.3 is 5.97 Å². The number of rotatable bonds is 4. The molecule has 0 radical (unpaired) electrons. The number of aromatic carboxylic acids is 1. The first-order chi connectivity index (χ1) is 9.49. The molecule has 2 N–H and O–H groups in total. The number of benzene rings is 2. The van der Waals surface area contributed by atoms with Crippen molar-refractivity contribution in [1.29, 1.82) is 0 Å². The van der Waals surface area contributed by atoms with Crippen LogP contribution in [0.1, 0.15) is 15.9 Å². The third kappa shape index (κ3) is 3.04. The van der Waals surface area contributed by atoms with Crippen LogP contribution in [0.5, 0.6) is 0 Å². The normalized spacial score (nSPS) is 11.9. The van der Waals surface area contributed by atoms with Crippen LogP contribution in [-0.2, 0) is 11.3 Å². The van der Waals surface area contributed by atoms with Crippen molar-refractivity contribution >= 4 is 28.6 Å². The summed E-state index contributed by atoms with van der Waals surface area (Å²) in [5.41, 5.74) is 2.17. The molecule has 0 aliphatic carbocycles. The van der Waals surface area contributed by atoms with Gasteiger partial charge in [0.25, 0.3) is 11.3 Å². The molecule has 2 aromatic carbocycles. The van der Waals surface area contributed by atoms with Crippen LogP contribution < -0.4 is 4.31 Å². The third-order valence-electron chi connectivity index (χ3n) is 2.77. The summed E-state index contributed by atoms with van der Waals surface area (Å²) in [5, 5.41) is 8.85. The molecular formula is C14H13NO4S. The van der Waals surface area contributed by atoms with E-state index in [0.29, 0.717) is 11.4 Å². The Hall–Kier alpha value is -2.18. The van der Waals surface area contributed by atoms with E-state index in [0.717, 1.165) is 5.56 Å². The second-order valence-electron chi connectivity index (χ2n) is 4.21. The Labute approximate surface area is 118 Å². The van der Waals surface area contributed by atoms with Gasteiger partial charge in [-0.05, 0) is 43.3 Å². The van der Waals surface area contributed by atoms with E-state index >= 15 is 0 Å². The summed E-state index contributed by atoms with van der Waals surface area (Å²) in [6, 6.07) is 12.9. The van der Waals surface area contributed by atoms with E-state index in [9.17, 15) is 13.6 Å². The van der Waals surface area contributed by atoms with Gasteiger partial charge in [0.15, 0.2) is 0 Å². The summed E-state index contributed by atoms with van der Waals surface area (Å²) in [4.78, 5) is 10.8. The first kappa shape index (κ1) is 14.2. The van der Waals surface area contributed by atoms with Crippen LogP contribution in [-0.4, -0.2) is 19.8 Å². The molecule has 0 aliphatic heterocycles. The molecule has 0 saturated heterocycles.